The number of benzene rings is 1. The Hall–Kier alpha value is -1.83. The first kappa shape index (κ1) is 17.0. The van der Waals surface area contributed by atoms with Crippen molar-refractivity contribution in [2.24, 2.45) is 0 Å². The van der Waals surface area contributed by atoms with Gasteiger partial charge in [0.2, 0.25) is 10.0 Å². The Bertz CT molecular complexity index is 903. The molecular formula is C15H13Cl2N3O3S. The minimum Gasteiger partial charge on any atom is -0.321 e. The van der Waals surface area contributed by atoms with E-state index in [4.69, 9.17) is 23.2 Å². The van der Waals surface area contributed by atoms with Crippen LogP contribution in [0.2, 0.25) is 10.2 Å². The van der Waals surface area contributed by atoms with Gasteiger partial charge in [0, 0.05) is 18.3 Å². The fourth-order valence-electron chi connectivity index (χ4n) is 2.43. The molecule has 1 aromatic heterocycles. The molecule has 0 radical (unpaired) electrons. The van der Waals surface area contributed by atoms with Crippen LogP contribution in [0.15, 0.2) is 36.5 Å². The van der Waals surface area contributed by atoms with E-state index in [2.05, 4.69) is 10.3 Å². The molecular weight excluding hydrogens is 373 g/mol. The summed E-state index contributed by atoms with van der Waals surface area (Å²) in [7, 11) is -3.30. The van der Waals surface area contributed by atoms with Gasteiger partial charge in [0.25, 0.3) is 5.91 Å². The van der Waals surface area contributed by atoms with E-state index in [9.17, 15) is 13.2 Å². The number of nitrogens with zero attached hydrogens (tertiary/aromatic N) is 2. The lowest BCUT2D eigenvalue weighted by Gasteiger charge is -2.18. The maximum atomic E-state index is 12.3. The number of anilines is 2. The molecule has 3 rings (SSSR count). The summed E-state index contributed by atoms with van der Waals surface area (Å²) in [6, 6.07) is 7.67. The molecule has 0 bridgehead atoms. The Morgan fingerprint density at radius 2 is 2.00 bits per heavy atom. The molecule has 0 spiro atoms. The van der Waals surface area contributed by atoms with Gasteiger partial charge in [-0.25, -0.2) is 13.4 Å². The molecule has 1 N–H and O–H groups in total. The van der Waals surface area contributed by atoms with Gasteiger partial charge < -0.3 is 5.32 Å². The highest BCUT2D eigenvalue weighted by atomic mass is 35.5. The molecule has 1 saturated heterocycles. The predicted molar refractivity (Wildman–Crippen MR) is 94.4 cm³/mol. The fourth-order valence-corrected chi connectivity index (χ4v) is 4.33. The van der Waals surface area contributed by atoms with Gasteiger partial charge >= 0.3 is 0 Å². The molecule has 1 aromatic carbocycles. The molecule has 126 valence electrons. The number of halogens is 2. The first-order chi connectivity index (χ1) is 11.4. The minimum absolute atomic E-state index is 0.118. The molecule has 9 heteroatoms. The van der Waals surface area contributed by atoms with E-state index >= 15 is 0 Å². The van der Waals surface area contributed by atoms with Crippen molar-refractivity contribution >= 4 is 50.5 Å². The number of nitrogens with one attached hydrogen (secondary N) is 1. The molecule has 1 aliphatic rings. The van der Waals surface area contributed by atoms with Crippen molar-refractivity contribution in [3.63, 3.8) is 0 Å². The van der Waals surface area contributed by atoms with Gasteiger partial charge in [-0.05, 0) is 36.8 Å². The predicted octanol–water partition coefficient (Wildman–Crippen LogP) is 3.18. The van der Waals surface area contributed by atoms with Crippen LogP contribution in [0.4, 0.5) is 11.4 Å². The molecule has 1 amide bonds. The summed E-state index contributed by atoms with van der Waals surface area (Å²) in [5, 5.41) is 3.17. The monoisotopic (exact) mass is 385 g/mol. The molecule has 0 unspecified atom stereocenters. The molecule has 24 heavy (non-hydrogen) atoms. The Balaban J connectivity index is 1.88. The number of rotatable bonds is 3. The summed E-state index contributed by atoms with van der Waals surface area (Å²) in [6.07, 6.45) is 1.99. The lowest BCUT2D eigenvalue weighted by Crippen LogP contribution is -2.25. The Morgan fingerprint density at radius 3 is 2.67 bits per heavy atom. The second-order valence-corrected chi connectivity index (χ2v) is 8.03. The lowest BCUT2D eigenvalue weighted by atomic mass is 10.2. The van der Waals surface area contributed by atoms with Gasteiger partial charge in [0.1, 0.15) is 5.15 Å². The second kappa shape index (κ2) is 6.58. The van der Waals surface area contributed by atoms with Crippen LogP contribution in [-0.2, 0) is 10.0 Å². The van der Waals surface area contributed by atoms with Gasteiger partial charge in [-0.15, -0.1) is 0 Å². The van der Waals surface area contributed by atoms with Crippen LogP contribution in [0.5, 0.6) is 0 Å². The van der Waals surface area contributed by atoms with Crippen molar-refractivity contribution in [2.45, 2.75) is 6.42 Å². The molecule has 0 atom stereocenters. The van der Waals surface area contributed by atoms with Crippen LogP contribution < -0.4 is 9.62 Å². The average molecular weight is 386 g/mol. The Labute approximate surface area is 149 Å². The van der Waals surface area contributed by atoms with E-state index in [1.54, 1.807) is 18.2 Å². The molecule has 0 saturated carbocycles. The number of carbonyl (C=O) groups excluding carboxylic acids is 1. The molecule has 0 aliphatic carbocycles. The Morgan fingerprint density at radius 1 is 1.21 bits per heavy atom. The van der Waals surface area contributed by atoms with Crippen molar-refractivity contribution in [3.8, 4) is 0 Å². The summed E-state index contributed by atoms with van der Waals surface area (Å²) in [5.41, 5.74) is 1.12. The summed E-state index contributed by atoms with van der Waals surface area (Å²) >= 11 is 11.9. The fraction of sp³-hybridized carbons (Fsp3) is 0.200. The van der Waals surface area contributed by atoms with Crippen LogP contribution in [0, 0.1) is 0 Å². The lowest BCUT2D eigenvalue weighted by molar-refractivity contribution is 0.102. The number of hydrogen-bond donors (Lipinski definition) is 1. The summed E-state index contributed by atoms with van der Waals surface area (Å²) in [6.45, 7) is 0.414. The van der Waals surface area contributed by atoms with Crippen molar-refractivity contribution in [2.75, 3.05) is 21.9 Å². The number of hydrogen-bond acceptors (Lipinski definition) is 4. The molecule has 1 fully saturated rings. The minimum atomic E-state index is -3.30. The average Bonchev–Trinajstić information content (AvgIpc) is 2.89. The smallest absolute Gasteiger partial charge is 0.255 e. The number of carbonyl (C=O) groups is 1. The van der Waals surface area contributed by atoms with Crippen molar-refractivity contribution in [1.82, 2.24) is 4.98 Å². The van der Waals surface area contributed by atoms with Crippen LogP contribution in [0.3, 0.4) is 0 Å². The van der Waals surface area contributed by atoms with E-state index in [0.717, 1.165) is 0 Å². The highest BCUT2D eigenvalue weighted by Gasteiger charge is 2.28. The summed E-state index contributed by atoms with van der Waals surface area (Å²) in [4.78, 5) is 16.1. The number of pyridine rings is 1. The van der Waals surface area contributed by atoms with Crippen molar-refractivity contribution in [1.29, 1.82) is 0 Å². The number of sulfonamides is 1. The molecule has 6 nitrogen and oxygen atoms in total. The largest absolute Gasteiger partial charge is 0.321 e. The quantitative estimate of drug-likeness (QED) is 0.822. The van der Waals surface area contributed by atoms with E-state index in [1.807, 2.05) is 0 Å². The highest BCUT2D eigenvalue weighted by molar-refractivity contribution is 7.93. The topological polar surface area (TPSA) is 79.4 Å². The van der Waals surface area contributed by atoms with Crippen molar-refractivity contribution < 1.29 is 13.2 Å². The van der Waals surface area contributed by atoms with E-state index in [1.165, 1.54) is 22.6 Å². The third kappa shape index (κ3) is 3.48. The summed E-state index contributed by atoms with van der Waals surface area (Å²) < 4.78 is 25.4. The van der Waals surface area contributed by atoms with Crippen molar-refractivity contribution in [3.05, 3.63) is 52.3 Å². The van der Waals surface area contributed by atoms with Gasteiger partial charge in [0.05, 0.1) is 22.2 Å². The standard InChI is InChI=1S/C15H13Cl2N3O3S/c16-12-3-2-11(20-6-1-7-24(20,22)23)9-13(12)19-15(21)10-4-5-18-14(17)8-10/h2-5,8-9H,1,6-7H2,(H,19,21). The van der Waals surface area contributed by atoms with Crippen LogP contribution in [-0.4, -0.2) is 31.6 Å². The van der Waals surface area contributed by atoms with Gasteiger partial charge in [-0.2, -0.15) is 0 Å². The zero-order chi connectivity index (χ0) is 17.3. The molecule has 2 heterocycles. The molecule has 2 aromatic rings. The molecule has 1 aliphatic heterocycles. The van der Waals surface area contributed by atoms with E-state index < -0.39 is 15.9 Å². The maximum absolute atomic E-state index is 12.3. The first-order valence-electron chi connectivity index (χ1n) is 7.10. The zero-order valence-corrected chi connectivity index (χ0v) is 14.7. The van der Waals surface area contributed by atoms with Gasteiger partial charge in [0.15, 0.2) is 0 Å². The first-order valence-corrected chi connectivity index (χ1v) is 9.46. The highest BCUT2D eigenvalue weighted by Crippen LogP contribution is 2.31. The summed E-state index contributed by atoms with van der Waals surface area (Å²) in [5.74, 6) is -0.296. The van der Waals surface area contributed by atoms with Crippen LogP contribution >= 0.6 is 23.2 Å². The van der Waals surface area contributed by atoms with Crippen LogP contribution in [0.25, 0.3) is 0 Å². The van der Waals surface area contributed by atoms with Gasteiger partial charge in [-0.3, -0.25) is 9.10 Å². The number of aromatic nitrogens is 1. The maximum Gasteiger partial charge on any atom is 0.255 e. The number of amides is 1. The normalized spacial score (nSPS) is 16.2. The van der Waals surface area contributed by atoms with E-state index in [0.29, 0.717) is 34.9 Å². The second-order valence-electron chi connectivity index (χ2n) is 5.23. The third-order valence-electron chi connectivity index (χ3n) is 3.57. The van der Waals surface area contributed by atoms with E-state index in [-0.39, 0.29) is 10.9 Å². The Kier molecular flexibility index (Phi) is 4.67. The zero-order valence-electron chi connectivity index (χ0n) is 12.4. The van der Waals surface area contributed by atoms with Gasteiger partial charge in [-0.1, -0.05) is 23.2 Å². The third-order valence-corrected chi connectivity index (χ3v) is 5.98. The SMILES string of the molecule is O=C(Nc1cc(N2CCCS2(=O)=O)ccc1Cl)c1ccnc(Cl)c1. The van der Waals surface area contributed by atoms with Crippen LogP contribution in [0.1, 0.15) is 16.8 Å².